The van der Waals surface area contributed by atoms with E-state index in [1.54, 1.807) is 54.5 Å². The zero-order valence-electron chi connectivity index (χ0n) is 34.8. The highest BCUT2D eigenvalue weighted by atomic mass is 19.4. The van der Waals surface area contributed by atoms with Crippen molar-refractivity contribution in [2.75, 3.05) is 27.9 Å². The van der Waals surface area contributed by atoms with Gasteiger partial charge in [0.05, 0.1) is 46.0 Å². The summed E-state index contributed by atoms with van der Waals surface area (Å²) in [5.74, 6) is 0.369. The Hall–Kier alpha value is -5.33. The lowest BCUT2D eigenvalue weighted by Gasteiger charge is -2.46. The number of hydrogen-bond acceptors (Lipinski definition) is 8. The number of halogens is 3. The van der Waals surface area contributed by atoms with Gasteiger partial charge in [-0.1, -0.05) is 48.9 Å². The van der Waals surface area contributed by atoms with E-state index in [0.717, 1.165) is 16.7 Å². The zero-order chi connectivity index (χ0) is 43.2. The fourth-order valence-corrected chi connectivity index (χ4v) is 8.94. The normalized spacial score (nSPS) is 21.9. The average molecular weight is 830 g/mol. The number of methoxy groups -OCH3 is 3. The number of fused-ring (bicyclic) bond motifs is 8. The van der Waals surface area contributed by atoms with Gasteiger partial charge in [0.2, 0.25) is 5.91 Å². The van der Waals surface area contributed by atoms with Gasteiger partial charge in [0.1, 0.15) is 11.5 Å². The average Bonchev–Trinajstić information content (AvgIpc) is 3.47. The minimum absolute atomic E-state index is 0.00127. The summed E-state index contributed by atoms with van der Waals surface area (Å²) >= 11 is 0. The van der Waals surface area contributed by atoms with Gasteiger partial charge >= 0.3 is 6.36 Å². The number of aliphatic hydroxyl groups excluding tert-OH is 1. The lowest BCUT2D eigenvalue weighted by Crippen LogP contribution is -2.53. The Morgan fingerprint density at radius 1 is 0.833 bits per heavy atom. The molecule has 12 heteroatoms. The van der Waals surface area contributed by atoms with Gasteiger partial charge in [-0.3, -0.25) is 9.59 Å². The summed E-state index contributed by atoms with van der Waals surface area (Å²) in [6.07, 6.45) is 0.213. The standard InChI is InChI=1S/C48H54F3NO8/c1-31-7-6-23-46(2)41(39-20-11-33(25-36(53)15-8-31)26-40(39)45(55)35-13-18-37(57-3)19-14-35)22-24-47(46,56)30-52(29-32-9-16-38(17-10-32)60-48(49,50)51)44(54)28-34-12-21-42(58-4)43(27-34)59-5/h7,9-14,16-21,26-27,36,41,53,56H,6,8,15,22-25,28-30H2,1-5H3. The maximum atomic E-state index is 14.5. The van der Waals surface area contributed by atoms with Crippen LogP contribution >= 0.6 is 0 Å². The van der Waals surface area contributed by atoms with Crippen LogP contribution in [0.5, 0.6) is 23.0 Å². The molecular weight excluding hydrogens is 776 g/mol. The number of nitrogens with zero attached hydrogens (tertiary/aromatic N) is 1. The van der Waals surface area contributed by atoms with Gasteiger partial charge in [0.15, 0.2) is 17.3 Å². The highest BCUT2D eigenvalue weighted by Gasteiger charge is 2.57. The predicted octanol–water partition coefficient (Wildman–Crippen LogP) is 9.15. The molecular formula is C48H54F3NO8. The Morgan fingerprint density at radius 2 is 1.52 bits per heavy atom. The van der Waals surface area contributed by atoms with Crippen LogP contribution in [0.3, 0.4) is 0 Å². The van der Waals surface area contributed by atoms with Crippen LogP contribution in [-0.4, -0.2) is 72.7 Å². The summed E-state index contributed by atoms with van der Waals surface area (Å²) < 4.78 is 59.3. The topological polar surface area (TPSA) is 115 Å². The second-order valence-corrected chi connectivity index (χ2v) is 16.3. The van der Waals surface area contributed by atoms with Crippen LogP contribution in [0, 0.1) is 5.41 Å². The van der Waals surface area contributed by atoms with Gasteiger partial charge in [-0.15, -0.1) is 13.2 Å². The number of hydrogen-bond donors (Lipinski definition) is 2. The molecule has 3 aliphatic rings. The smallest absolute Gasteiger partial charge is 0.497 e. The van der Waals surface area contributed by atoms with E-state index >= 15 is 0 Å². The van der Waals surface area contributed by atoms with Gasteiger partial charge < -0.3 is 34.1 Å². The third-order valence-corrected chi connectivity index (χ3v) is 12.4. The molecule has 1 saturated carbocycles. The van der Waals surface area contributed by atoms with Gasteiger partial charge in [-0.25, -0.2) is 0 Å². The van der Waals surface area contributed by atoms with Crippen LogP contribution in [0.2, 0.25) is 0 Å². The minimum atomic E-state index is -4.86. The van der Waals surface area contributed by atoms with Crippen molar-refractivity contribution in [2.45, 2.75) is 95.7 Å². The van der Waals surface area contributed by atoms with Gasteiger partial charge in [-0.2, -0.15) is 0 Å². The van der Waals surface area contributed by atoms with Crippen molar-refractivity contribution in [2.24, 2.45) is 5.41 Å². The Labute approximate surface area is 349 Å². The van der Waals surface area contributed by atoms with E-state index in [9.17, 15) is 33.0 Å². The molecule has 0 spiro atoms. The fourth-order valence-electron chi connectivity index (χ4n) is 8.94. The molecule has 60 heavy (non-hydrogen) atoms. The Morgan fingerprint density at radius 3 is 2.18 bits per heavy atom. The molecule has 0 radical (unpaired) electrons. The van der Waals surface area contributed by atoms with Crippen molar-refractivity contribution in [3.05, 3.63) is 130 Å². The highest BCUT2D eigenvalue weighted by molar-refractivity contribution is 6.10. The number of allylic oxidation sites excluding steroid dienone is 2. The van der Waals surface area contributed by atoms with E-state index in [2.05, 4.69) is 10.8 Å². The molecule has 0 saturated heterocycles. The summed E-state index contributed by atoms with van der Waals surface area (Å²) in [4.78, 5) is 30.6. The molecule has 4 atom stereocenters. The third kappa shape index (κ3) is 10.2. The summed E-state index contributed by atoms with van der Waals surface area (Å²) in [5, 5.41) is 24.2. The fraction of sp³-hybridized carbons (Fsp3) is 0.417. The highest BCUT2D eigenvalue weighted by Crippen LogP contribution is 2.59. The van der Waals surface area contributed by atoms with E-state index in [4.69, 9.17) is 14.2 Å². The second-order valence-electron chi connectivity index (χ2n) is 16.3. The van der Waals surface area contributed by atoms with Crippen molar-refractivity contribution in [1.29, 1.82) is 0 Å². The summed E-state index contributed by atoms with van der Waals surface area (Å²) in [5.41, 5.74) is 2.58. The monoisotopic (exact) mass is 829 g/mol. The molecule has 9 nitrogen and oxygen atoms in total. The third-order valence-electron chi connectivity index (χ3n) is 12.4. The van der Waals surface area contributed by atoms with Crippen molar-refractivity contribution >= 4 is 11.7 Å². The van der Waals surface area contributed by atoms with Crippen molar-refractivity contribution in [3.63, 3.8) is 0 Å². The van der Waals surface area contributed by atoms with Crippen molar-refractivity contribution in [3.8, 4) is 23.0 Å². The molecule has 4 aromatic carbocycles. The summed E-state index contributed by atoms with van der Waals surface area (Å²) in [7, 11) is 4.58. The predicted molar refractivity (Wildman–Crippen MR) is 222 cm³/mol. The first-order chi connectivity index (χ1) is 28.5. The van der Waals surface area contributed by atoms with Crippen LogP contribution < -0.4 is 18.9 Å². The number of carbonyl (C=O) groups is 2. The van der Waals surface area contributed by atoms with Crippen LogP contribution in [0.1, 0.15) is 96.5 Å². The SMILES string of the molecule is COc1ccc(C(=O)c2cc3ccc2C2CCC(O)(CN(Cc4ccc(OC(F)(F)F)cc4)C(=O)Cc4ccc(OC)c(OC)c4)C2(C)CCC=C(C)CCC(O)C3)cc1. The van der Waals surface area contributed by atoms with E-state index < -0.39 is 23.5 Å². The molecule has 1 amide bonds. The van der Waals surface area contributed by atoms with Gasteiger partial charge in [0, 0.05) is 23.1 Å². The molecule has 4 unspecified atom stereocenters. The lowest BCUT2D eigenvalue weighted by atomic mass is 9.64. The number of rotatable bonds is 12. The first-order valence-electron chi connectivity index (χ1n) is 20.3. The molecule has 3 aliphatic carbocycles. The van der Waals surface area contributed by atoms with E-state index in [-0.39, 0.29) is 42.9 Å². The number of benzene rings is 4. The number of amides is 1. The largest absolute Gasteiger partial charge is 0.573 e. The molecule has 0 aliphatic heterocycles. The van der Waals surface area contributed by atoms with Crippen LogP contribution in [0.15, 0.2) is 96.6 Å². The second kappa shape index (κ2) is 18.5. The van der Waals surface area contributed by atoms with Gasteiger partial charge in [0.25, 0.3) is 0 Å². The van der Waals surface area contributed by atoms with E-state index in [0.29, 0.717) is 84.4 Å². The first-order valence-corrected chi connectivity index (χ1v) is 20.3. The first kappa shape index (κ1) is 44.2. The number of ether oxygens (including phenoxy) is 4. The molecule has 7 rings (SSSR count). The summed E-state index contributed by atoms with van der Waals surface area (Å²) in [6.45, 7) is 4.00. The Bertz CT molecular complexity index is 2170. The van der Waals surface area contributed by atoms with E-state index in [1.165, 1.54) is 38.5 Å². The Balaban J connectivity index is 1.41. The maximum absolute atomic E-state index is 14.5. The lowest BCUT2D eigenvalue weighted by molar-refractivity contribution is -0.274. The number of carbonyl (C=O) groups excluding carboxylic acids is 2. The maximum Gasteiger partial charge on any atom is 0.573 e. The van der Waals surface area contributed by atoms with Crippen molar-refractivity contribution < 1.29 is 51.9 Å². The Kier molecular flexibility index (Phi) is 13.6. The minimum Gasteiger partial charge on any atom is -0.497 e. The summed E-state index contributed by atoms with van der Waals surface area (Å²) in [6, 6.07) is 23.3. The molecule has 2 bridgehead atoms. The van der Waals surface area contributed by atoms with Crippen LogP contribution in [0.4, 0.5) is 13.2 Å². The molecule has 320 valence electrons. The molecule has 0 aromatic heterocycles. The number of ketones is 1. The van der Waals surface area contributed by atoms with E-state index in [1.807, 2.05) is 32.0 Å². The molecule has 0 heterocycles. The van der Waals surface area contributed by atoms with Crippen LogP contribution in [0.25, 0.3) is 0 Å². The number of alkyl halides is 3. The quantitative estimate of drug-likeness (QED) is 0.107. The zero-order valence-corrected chi connectivity index (χ0v) is 34.8. The van der Waals surface area contributed by atoms with Crippen molar-refractivity contribution in [1.82, 2.24) is 4.90 Å². The van der Waals surface area contributed by atoms with Gasteiger partial charge in [-0.05, 0) is 135 Å². The van der Waals surface area contributed by atoms with Crippen LogP contribution in [-0.2, 0) is 24.2 Å². The molecule has 1 fully saturated rings. The number of aliphatic hydroxyl groups is 2. The molecule has 2 N–H and O–H groups in total. The molecule has 4 aromatic rings.